The van der Waals surface area contributed by atoms with Gasteiger partial charge >= 0.3 is 0 Å². The van der Waals surface area contributed by atoms with Crippen LogP contribution in [0.3, 0.4) is 0 Å². The third kappa shape index (κ3) is 4.03. The molecule has 0 spiro atoms. The topological polar surface area (TPSA) is 100 Å². The quantitative estimate of drug-likeness (QED) is 0.393. The number of nitrogens with two attached hydrogens (primary N) is 2. The Labute approximate surface area is 208 Å². The molecule has 2 aliphatic rings. The minimum absolute atomic E-state index is 0.152. The van der Waals surface area contributed by atoms with Crippen LogP contribution < -0.4 is 21.3 Å². The van der Waals surface area contributed by atoms with Gasteiger partial charge in [0, 0.05) is 36.6 Å². The van der Waals surface area contributed by atoms with Crippen molar-refractivity contribution in [1.82, 2.24) is 15.0 Å². The van der Waals surface area contributed by atoms with Gasteiger partial charge in [0.25, 0.3) is 0 Å². The number of anilines is 3. The molecule has 6 rings (SSSR count). The largest absolute Gasteiger partial charge is 0.383 e. The molecule has 2 fully saturated rings. The van der Waals surface area contributed by atoms with Crippen molar-refractivity contribution in [3.63, 3.8) is 0 Å². The SMILES string of the molecule is Cc1cc(F)cc(-c2cnc(N)c(-c3nc4ccc(N5CC(F)C5)cc4[nH]3)c2N2CCC(N)CC2)c1. The first-order chi connectivity index (χ1) is 17.4. The molecule has 36 heavy (non-hydrogen) atoms. The van der Waals surface area contributed by atoms with Gasteiger partial charge in [0.05, 0.1) is 35.4 Å². The highest BCUT2D eigenvalue weighted by atomic mass is 19.1. The van der Waals surface area contributed by atoms with E-state index in [0.717, 1.165) is 65.0 Å². The van der Waals surface area contributed by atoms with Crippen molar-refractivity contribution in [2.24, 2.45) is 5.73 Å². The average Bonchev–Trinajstić information content (AvgIpc) is 3.24. The summed E-state index contributed by atoms with van der Waals surface area (Å²) in [5, 5.41) is 0. The van der Waals surface area contributed by atoms with Crippen LogP contribution in [0.5, 0.6) is 0 Å². The second kappa shape index (κ2) is 8.74. The van der Waals surface area contributed by atoms with Crippen LogP contribution in [0.25, 0.3) is 33.5 Å². The van der Waals surface area contributed by atoms with E-state index in [1.54, 1.807) is 6.20 Å². The summed E-state index contributed by atoms with van der Waals surface area (Å²) >= 11 is 0. The molecule has 0 unspecified atom stereocenters. The molecule has 5 N–H and O–H groups in total. The molecule has 2 aromatic heterocycles. The fourth-order valence-electron chi connectivity index (χ4n) is 5.25. The van der Waals surface area contributed by atoms with Gasteiger partial charge < -0.3 is 26.3 Å². The number of nitrogen functional groups attached to an aromatic ring is 1. The smallest absolute Gasteiger partial charge is 0.144 e. The Morgan fingerprint density at radius 3 is 2.56 bits per heavy atom. The molecule has 0 bridgehead atoms. The molecule has 4 heterocycles. The zero-order valence-corrected chi connectivity index (χ0v) is 20.1. The summed E-state index contributed by atoms with van der Waals surface area (Å²) in [5.74, 6) is 0.644. The molecule has 2 aromatic carbocycles. The van der Waals surface area contributed by atoms with Crippen LogP contribution in [-0.4, -0.2) is 53.3 Å². The molecular formula is C27H29F2N7. The molecular weight excluding hydrogens is 460 g/mol. The van der Waals surface area contributed by atoms with Crippen LogP contribution in [-0.2, 0) is 0 Å². The summed E-state index contributed by atoms with van der Waals surface area (Å²) in [4.78, 5) is 17.0. The molecule has 186 valence electrons. The lowest BCUT2D eigenvalue weighted by Crippen LogP contribution is -2.48. The Bertz CT molecular complexity index is 1420. The van der Waals surface area contributed by atoms with E-state index >= 15 is 0 Å². The Morgan fingerprint density at radius 2 is 1.83 bits per heavy atom. The van der Waals surface area contributed by atoms with Gasteiger partial charge in [-0.15, -0.1) is 0 Å². The van der Waals surface area contributed by atoms with E-state index < -0.39 is 6.17 Å². The van der Waals surface area contributed by atoms with Gasteiger partial charge in [-0.25, -0.2) is 18.7 Å². The van der Waals surface area contributed by atoms with Gasteiger partial charge in [0.2, 0.25) is 0 Å². The average molecular weight is 490 g/mol. The first-order valence-corrected chi connectivity index (χ1v) is 12.3. The standard InChI is InChI=1S/C27H29F2N7/c1-15-8-16(10-17(28)9-15)21-12-32-26(31)24(25(21)35-6-4-19(30)5-7-35)27-33-22-3-2-20(11-23(22)34-27)36-13-18(29)14-36/h2-3,8-12,18-19H,4-7,13-14,30H2,1H3,(H2,31,32)(H,33,34). The van der Waals surface area contributed by atoms with E-state index in [9.17, 15) is 8.78 Å². The van der Waals surface area contributed by atoms with Crippen LogP contribution in [0.15, 0.2) is 42.6 Å². The number of rotatable bonds is 4. The Balaban J connectivity index is 1.51. The summed E-state index contributed by atoms with van der Waals surface area (Å²) in [6.07, 6.45) is 2.63. The fraction of sp³-hybridized carbons (Fsp3) is 0.333. The van der Waals surface area contributed by atoms with Gasteiger partial charge in [-0.3, -0.25) is 0 Å². The van der Waals surface area contributed by atoms with E-state index in [1.807, 2.05) is 36.1 Å². The summed E-state index contributed by atoms with van der Waals surface area (Å²) < 4.78 is 27.8. The predicted molar refractivity (Wildman–Crippen MR) is 140 cm³/mol. The number of fused-ring (bicyclic) bond motifs is 1. The van der Waals surface area contributed by atoms with Crippen molar-refractivity contribution < 1.29 is 8.78 Å². The number of benzene rings is 2. The van der Waals surface area contributed by atoms with Crippen LogP contribution in [0.4, 0.5) is 26.0 Å². The number of piperidine rings is 1. The van der Waals surface area contributed by atoms with Crippen molar-refractivity contribution in [3.05, 3.63) is 54.0 Å². The van der Waals surface area contributed by atoms with Crippen molar-refractivity contribution in [1.29, 1.82) is 0 Å². The van der Waals surface area contributed by atoms with E-state index in [4.69, 9.17) is 16.5 Å². The van der Waals surface area contributed by atoms with Crippen molar-refractivity contribution in [2.45, 2.75) is 32.0 Å². The predicted octanol–water partition coefficient (Wildman–Crippen LogP) is 4.41. The highest BCUT2D eigenvalue weighted by Gasteiger charge is 2.28. The first-order valence-electron chi connectivity index (χ1n) is 12.3. The number of nitrogens with one attached hydrogen (secondary N) is 1. The Morgan fingerprint density at radius 1 is 1.06 bits per heavy atom. The summed E-state index contributed by atoms with van der Waals surface area (Å²) in [7, 11) is 0. The molecule has 7 nitrogen and oxygen atoms in total. The van der Waals surface area contributed by atoms with Gasteiger partial charge in [-0.2, -0.15) is 0 Å². The summed E-state index contributed by atoms with van der Waals surface area (Å²) in [5.41, 5.74) is 19.2. The number of imidazole rings is 1. The first kappa shape index (κ1) is 22.7. The number of nitrogens with zero attached hydrogens (tertiary/aromatic N) is 4. The zero-order chi connectivity index (χ0) is 25.0. The number of alkyl halides is 1. The monoisotopic (exact) mass is 489 g/mol. The third-order valence-corrected chi connectivity index (χ3v) is 7.19. The molecule has 0 aliphatic carbocycles. The van der Waals surface area contributed by atoms with Crippen LogP contribution in [0, 0.1) is 12.7 Å². The van der Waals surface area contributed by atoms with Crippen LogP contribution in [0.2, 0.25) is 0 Å². The summed E-state index contributed by atoms with van der Waals surface area (Å²) in [6.45, 7) is 4.18. The molecule has 9 heteroatoms. The molecule has 0 atom stereocenters. The van der Waals surface area contributed by atoms with Gasteiger partial charge in [-0.1, -0.05) is 6.07 Å². The van der Waals surface area contributed by atoms with Crippen molar-refractivity contribution in [3.8, 4) is 22.5 Å². The molecule has 2 aliphatic heterocycles. The lowest BCUT2D eigenvalue weighted by molar-refractivity contribution is 0.275. The molecule has 0 amide bonds. The van der Waals surface area contributed by atoms with E-state index in [2.05, 4.69) is 14.9 Å². The van der Waals surface area contributed by atoms with E-state index in [0.29, 0.717) is 30.3 Å². The van der Waals surface area contributed by atoms with Crippen molar-refractivity contribution in [2.75, 3.05) is 41.7 Å². The second-order valence-electron chi connectivity index (χ2n) is 9.91. The lowest BCUT2D eigenvalue weighted by Gasteiger charge is -2.36. The number of hydrogen-bond donors (Lipinski definition) is 3. The number of H-pyrrole nitrogens is 1. The fourth-order valence-corrected chi connectivity index (χ4v) is 5.25. The number of aromatic nitrogens is 3. The minimum Gasteiger partial charge on any atom is -0.383 e. The van der Waals surface area contributed by atoms with Crippen LogP contribution in [0.1, 0.15) is 18.4 Å². The van der Waals surface area contributed by atoms with Gasteiger partial charge in [0.15, 0.2) is 0 Å². The van der Waals surface area contributed by atoms with E-state index in [-0.39, 0.29) is 11.9 Å². The highest BCUT2D eigenvalue weighted by molar-refractivity contribution is 5.96. The number of aryl methyl sites for hydroxylation is 1. The lowest BCUT2D eigenvalue weighted by atomic mass is 9.97. The third-order valence-electron chi connectivity index (χ3n) is 7.19. The maximum absolute atomic E-state index is 14.4. The van der Waals surface area contributed by atoms with Gasteiger partial charge in [-0.05, 0) is 61.2 Å². The normalized spacial score (nSPS) is 17.1. The second-order valence-corrected chi connectivity index (χ2v) is 9.91. The molecule has 0 radical (unpaired) electrons. The Kier molecular flexibility index (Phi) is 5.52. The molecule has 4 aromatic rings. The Hall–Kier alpha value is -3.72. The van der Waals surface area contributed by atoms with Crippen LogP contribution >= 0.6 is 0 Å². The molecule has 0 saturated carbocycles. The van der Waals surface area contributed by atoms with Crippen molar-refractivity contribution >= 4 is 28.2 Å². The molecule has 2 saturated heterocycles. The highest BCUT2D eigenvalue weighted by Crippen LogP contribution is 2.43. The number of pyridine rings is 1. The summed E-state index contributed by atoms with van der Waals surface area (Å²) in [6, 6.07) is 11.0. The number of aromatic amines is 1. The maximum atomic E-state index is 14.4. The number of halogens is 2. The van der Waals surface area contributed by atoms with Gasteiger partial charge in [0.1, 0.15) is 23.6 Å². The minimum atomic E-state index is -0.779. The maximum Gasteiger partial charge on any atom is 0.144 e. The zero-order valence-electron chi connectivity index (χ0n) is 20.1. The number of hydrogen-bond acceptors (Lipinski definition) is 6. The van der Waals surface area contributed by atoms with E-state index in [1.165, 1.54) is 12.1 Å².